The Morgan fingerprint density at radius 2 is 1.90 bits per heavy atom. The van der Waals surface area contributed by atoms with Gasteiger partial charge in [0.2, 0.25) is 11.8 Å². The van der Waals surface area contributed by atoms with Gasteiger partial charge in [0.25, 0.3) is 0 Å². The van der Waals surface area contributed by atoms with Gasteiger partial charge in [0.15, 0.2) is 0 Å². The van der Waals surface area contributed by atoms with Crippen LogP contribution in [0.15, 0.2) is 41.4 Å². The van der Waals surface area contributed by atoms with Gasteiger partial charge in [-0.1, -0.05) is 25.6 Å². The van der Waals surface area contributed by atoms with Crippen molar-refractivity contribution in [1.82, 2.24) is 9.80 Å². The summed E-state index contributed by atoms with van der Waals surface area (Å²) in [5.41, 5.74) is 1.38. The summed E-state index contributed by atoms with van der Waals surface area (Å²) in [7, 11) is 4.01. The first-order valence-electron chi connectivity index (χ1n) is 12.5. The highest BCUT2D eigenvalue weighted by Crippen LogP contribution is 2.52. The van der Waals surface area contributed by atoms with Crippen molar-refractivity contribution in [3.8, 4) is 0 Å². The quantitative estimate of drug-likeness (QED) is 0.280. The smallest absolute Gasteiger partial charge is 0.410 e. The van der Waals surface area contributed by atoms with Crippen LogP contribution in [0.2, 0.25) is 0 Å². The maximum Gasteiger partial charge on any atom is 0.410 e. The molecule has 3 aliphatic rings. The Labute approximate surface area is 231 Å². The largest absolute Gasteiger partial charge is 0.497 e. The van der Waals surface area contributed by atoms with E-state index in [9.17, 15) is 24.3 Å². The Morgan fingerprint density at radius 1 is 1.18 bits per heavy atom. The van der Waals surface area contributed by atoms with E-state index in [1.54, 1.807) is 31.2 Å². The number of aliphatic hydroxyl groups is 1. The van der Waals surface area contributed by atoms with Gasteiger partial charge in [-0.15, -0.1) is 11.8 Å². The zero-order valence-electron chi connectivity index (χ0n) is 22.5. The SMILES string of the molecule is C=C(OC)c1cccc(NC(=O)[C@@H]2C[C@H](SC3=C(C(=O)OC)N4C(=O)[C@H]([C@@H](C)O)[C@H]4[C@H]3C)CN2C(=O)OC)c1. The van der Waals surface area contributed by atoms with Crippen LogP contribution in [0, 0.1) is 11.8 Å². The van der Waals surface area contributed by atoms with Crippen molar-refractivity contribution >= 4 is 47.1 Å². The lowest BCUT2D eigenvalue weighted by atomic mass is 9.79. The molecule has 3 amide bonds. The van der Waals surface area contributed by atoms with Gasteiger partial charge in [0.05, 0.1) is 39.4 Å². The molecule has 0 radical (unpaired) electrons. The van der Waals surface area contributed by atoms with Crippen molar-refractivity contribution in [3.63, 3.8) is 0 Å². The van der Waals surface area contributed by atoms with E-state index in [-0.39, 0.29) is 35.4 Å². The maximum atomic E-state index is 13.3. The van der Waals surface area contributed by atoms with Crippen molar-refractivity contribution in [3.05, 3.63) is 47.0 Å². The van der Waals surface area contributed by atoms with Crippen molar-refractivity contribution in [2.45, 2.75) is 43.7 Å². The number of carbonyl (C=O) groups excluding carboxylic acids is 4. The van der Waals surface area contributed by atoms with Crippen LogP contribution in [-0.4, -0.2) is 90.1 Å². The number of rotatable bonds is 8. The highest BCUT2D eigenvalue weighted by atomic mass is 32.2. The number of nitrogens with one attached hydrogen (secondary N) is 1. The van der Waals surface area contributed by atoms with Gasteiger partial charge in [0, 0.05) is 33.9 Å². The summed E-state index contributed by atoms with van der Waals surface area (Å²) in [6, 6.07) is 5.82. The standard InChI is InChI=1S/C27H33N3O8S/c1-13-21-20(14(2)31)25(33)30(21)22(26(34)37-5)23(13)39-18-11-19(29(12-18)27(35)38-6)24(32)28-17-9-7-8-16(10-17)15(3)36-4/h7-10,13-14,18-21,31H,3,11-12H2,1-2,4-6H3,(H,28,32)/t13-,14-,18+,19+,20-,21-/m1/s1. The second-order valence-corrected chi connectivity index (χ2v) is 11.1. The summed E-state index contributed by atoms with van der Waals surface area (Å²) in [5, 5.41) is 12.7. The number of hydrogen-bond donors (Lipinski definition) is 2. The summed E-state index contributed by atoms with van der Waals surface area (Å²) in [6.07, 6.45) is -1.22. The number of amides is 3. The monoisotopic (exact) mass is 559 g/mol. The molecule has 11 nitrogen and oxygen atoms in total. The minimum atomic E-state index is -0.863. The average molecular weight is 560 g/mol. The fourth-order valence-electron chi connectivity index (χ4n) is 5.51. The van der Waals surface area contributed by atoms with Crippen LogP contribution in [0.4, 0.5) is 10.5 Å². The number of ether oxygens (including phenoxy) is 3. The molecular weight excluding hydrogens is 526 g/mol. The van der Waals surface area contributed by atoms with E-state index in [0.29, 0.717) is 28.3 Å². The Bertz CT molecular complexity index is 1230. The molecule has 0 aliphatic carbocycles. The molecule has 3 heterocycles. The summed E-state index contributed by atoms with van der Waals surface area (Å²) < 4.78 is 15.1. The van der Waals surface area contributed by atoms with Crippen LogP contribution in [0.3, 0.4) is 0 Å². The molecule has 12 heteroatoms. The van der Waals surface area contributed by atoms with E-state index >= 15 is 0 Å². The summed E-state index contributed by atoms with van der Waals surface area (Å²) in [5.74, 6) is -1.76. The number of β-lactam (4-membered cyclic amide) rings is 1. The Balaban J connectivity index is 1.56. The minimum Gasteiger partial charge on any atom is -0.497 e. The number of hydrogen-bond acceptors (Lipinski definition) is 9. The van der Waals surface area contributed by atoms with Crippen molar-refractivity contribution in [2.24, 2.45) is 11.8 Å². The molecule has 2 N–H and O–H groups in total. The second kappa shape index (κ2) is 11.3. The fraction of sp³-hybridized carbons (Fsp3) is 0.481. The summed E-state index contributed by atoms with van der Waals surface area (Å²) in [4.78, 5) is 54.9. The Hall–Kier alpha value is -3.51. The summed E-state index contributed by atoms with van der Waals surface area (Å²) in [6.45, 7) is 7.48. The van der Waals surface area contributed by atoms with E-state index < -0.39 is 36.0 Å². The first kappa shape index (κ1) is 28.5. The van der Waals surface area contributed by atoms with Gasteiger partial charge < -0.3 is 29.5 Å². The van der Waals surface area contributed by atoms with Gasteiger partial charge in [-0.25, -0.2) is 9.59 Å². The lowest BCUT2D eigenvalue weighted by molar-refractivity contribution is -0.163. The van der Waals surface area contributed by atoms with Crippen LogP contribution in [-0.2, 0) is 28.6 Å². The van der Waals surface area contributed by atoms with Gasteiger partial charge in [-0.05, 0) is 25.5 Å². The molecule has 0 aromatic heterocycles. The van der Waals surface area contributed by atoms with Crippen LogP contribution >= 0.6 is 11.8 Å². The molecule has 0 unspecified atom stereocenters. The molecule has 210 valence electrons. The van der Waals surface area contributed by atoms with Crippen LogP contribution in [0.5, 0.6) is 0 Å². The van der Waals surface area contributed by atoms with E-state index in [1.807, 2.05) is 6.92 Å². The number of likely N-dealkylation sites (tertiary alicyclic amines) is 1. The molecule has 2 saturated heterocycles. The van der Waals surface area contributed by atoms with Crippen molar-refractivity contribution in [1.29, 1.82) is 0 Å². The lowest BCUT2D eigenvalue weighted by Crippen LogP contribution is -2.63. The highest BCUT2D eigenvalue weighted by molar-refractivity contribution is 8.03. The molecule has 1 aromatic rings. The lowest BCUT2D eigenvalue weighted by Gasteiger charge is -2.46. The van der Waals surface area contributed by atoms with E-state index in [2.05, 4.69) is 11.9 Å². The van der Waals surface area contributed by atoms with Crippen LogP contribution in [0.25, 0.3) is 5.76 Å². The molecule has 0 spiro atoms. The predicted octanol–water partition coefficient (Wildman–Crippen LogP) is 2.43. The molecule has 2 fully saturated rings. The molecule has 4 rings (SSSR count). The number of nitrogens with zero attached hydrogens (tertiary/aromatic N) is 2. The number of thioether (sulfide) groups is 1. The average Bonchev–Trinajstić information content (AvgIpc) is 3.45. The number of aliphatic hydroxyl groups excluding tert-OH is 1. The molecule has 3 aliphatic heterocycles. The van der Waals surface area contributed by atoms with E-state index in [4.69, 9.17) is 14.2 Å². The fourth-order valence-corrected chi connectivity index (χ4v) is 7.03. The van der Waals surface area contributed by atoms with Gasteiger partial charge >= 0.3 is 12.1 Å². The topological polar surface area (TPSA) is 135 Å². The normalized spacial score (nSPS) is 26.5. The maximum absolute atomic E-state index is 13.3. The number of methoxy groups -OCH3 is 3. The molecular formula is C27H33N3O8S. The third-order valence-corrected chi connectivity index (χ3v) is 8.95. The highest BCUT2D eigenvalue weighted by Gasteiger charge is 2.60. The van der Waals surface area contributed by atoms with Crippen LogP contribution in [0.1, 0.15) is 25.8 Å². The second-order valence-electron chi connectivity index (χ2n) is 9.77. The van der Waals surface area contributed by atoms with Gasteiger partial charge in [0.1, 0.15) is 17.5 Å². The zero-order chi connectivity index (χ0) is 28.6. The third-order valence-electron chi connectivity index (χ3n) is 7.45. The Kier molecular flexibility index (Phi) is 8.26. The predicted molar refractivity (Wildman–Crippen MR) is 144 cm³/mol. The zero-order valence-corrected chi connectivity index (χ0v) is 23.3. The number of anilines is 1. The molecule has 39 heavy (non-hydrogen) atoms. The number of fused-ring (bicyclic) bond motifs is 1. The van der Waals surface area contributed by atoms with E-state index in [1.165, 1.54) is 42.9 Å². The third kappa shape index (κ3) is 5.10. The van der Waals surface area contributed by atoms with Gasteiger partial charge in [-0.3, -0.25) is 14.5 Å². The number of benzene rings is 1. The van der Waals surface area contributed by atoms with Gasteiger partial charge in [-0.2, -0.15) is 0 Å². The molecule has 1 aromatic carbocycles. The molecule has 0 bridgehead atoms. The van der Waals surface area contributed by atoms with Crippen LogP contribution < -0.4 is 5.32 Å². The van der Waals surface area contributed by atoms with Crippen molar-refractivity contribution in [2.75, 3.05) is 33.2 Å². The minimum absolute atomic E-state index is 0.162. The first-order valence-corrected chi connectivity index (χ1v) is 13.4. The first-order chi connectivity index (χ1) is 18.5. The molecule has 6 atom stereocenters. The van der Waals surface area contributed by atoms with E-state index in [0.717, 1.165) is 0 Å². The number of carbonyl (C=O) groups is 4. The number of esters is 1. The van der Waals surface area contributed by atoms with Crippen molar-refractivity contribution < 1.29 is 38.5 Å². The Morgan fingerprint density at radius 3 is 2.51 bits per heavy atom. The summed E-state index contributed by atoms with van der Waals surface area (Å²) >= 11 is 1.35. The molecule has 0 saturated carbocycles.